The molecule has 0 bridgehead atoms. The number of likely N-dealkylation sites (N-methyl/N-ethyl adjacent to an activating group) is 1. The molecule has 0 aliphatic rings. The highest BCUT2D eigenvalue weighted by atomic mass is 19.1. The molecule has 3 rings (SSSR count). The van der Waals surface area contributed by atoms with Crippen molar-refractivity contribution in [3.63, 3.8) is 0 Å². The van der Waals surface area contributed by atoms with Gasteiger partial charge in [-0.3, -0.25) is 0 Å². The van der Waals surface area contributed by atoms with Crippen LogP contribution in [0.25, 0.3) is 16.6 Å². The van der Waals surface area contributed by atoms with Crippen molar-refractivity contribution in [2.75, 3.05) is 26.7 Å². The zero-order valence-corrected chi connectivity index (χ0v) is 15.5. The van der Waals surface area contributed by atoms with Gasteiger partial charge in [-0.15, -0.1) is 6.58 Å². The minimum atomic E-state index is -0.395. The molecule has 0 saturated heterocycles. The predicted octanol–water partition coefficient (Wildman–Crippen LogP) is 5.19. The van der Waals surface area contributed by atoms with Gasteiger partial charge in [0, 0.05) is 29.9 Å². The topological polar surface area (TPSA) is 17.4 Å². The average Bonchev–Trinajstić information content (AvgIpc) is 3.05. The molecule has 0 spiro atoms. The normalized spacial score (nSPS) is 11.3. The molecule has 27 heavy (non-hydrogen) atoms. The second-order valence-corrected chi connectivity index (χ2v) is 6.61. The Morgan fingerprint density at radius 3 is 2.63 bits per heavy atom. The third kappa shape index (κ3) is 4.74. The van der Waals surface area contributed by atoms with Crippen LogP contribution in [0.4, 0.5) is 8.78 Å². The summed E-state index contributed by atoms with van der Waals surface area (Å²) >= 11 is 0. The summed E-state index contributed by atoms with van der Waals surface area (Å²) in [6.45, 7) is 6.01. The minimum absolute atomic E-state index is 0.263. The van der Waals surface area contributed by atoms with Gasteiger partial charge in [-0.05, 0) is 62.8 Å². The summed E-state index contributed by atoms with van der Waals surface area (Å²) in [5, 5.41) is 0.876. The first kappa shape index (κ1) is 19.1. The Morgan fingerprint density at radius 2 is 1.89 bits per heavy atom. The molecule has 0 fully saturated rings. The molecule has 3 aromatic rings. The van der Waals surface area contributed by atoms with Gasteiger partial charge < -0.3 is 14.2 Å². The van der Waals surface area contributed by atoms with Crippen molar-refractivity contribution in [1.82, 2.24) is 9.47 Å². The van der Waals surface area contributed by atoms with Gasteiger partial charge in [0.2, 0.25) is 0 Å². The predicted molar refractivity (Wildman–Crippen MR) is 106 cm³/mol. The maximum atomic E-state index is 14.5. The van der Waals surface area contributed by atoms with E-state index in [0.717, 1.165) is 42.5 Å². The van der Waals surface area contributed by atoms with Crippen LogP contribution in [0.5, 0.6) is 5.75 Å². The quantitative estimate of drug-likeness (QED) is 0.381. The van der Waals surface area contributed by atoms with E-state index in [2.05, 4.69) is 11.5 Å². The fraction of sp³-hybridized carbons (Fsp3) is 0.273. The van der Waals surface area contributed by atoms with Gasteiger partial charge in [0.1, 0.15) is 5.82 Å². The van der Waals surface area contributed by atoms with Gasteiger partial charge in [0.05, 0.1) is 12.1 Å². The summed E-state index contributed by atoms with van der Waals surface area (Å²) in [5.41, 5.74) is 1.50. The lowest BCUT2D eigenvalue weighted by Gasteiger charge is -2.14. The van der Waals surface area contributed by atoms with E-state index in [-0.39, 0.29) is 11.6 Å². The number of aromatic nitrogens is 1. The lowest BCUT2D eigenvalue weighted by Crippen LogP contribution is -2.19. The van der Waals surface area contributed by atoms with Crippen molar-refractivity contribution in [2.45, 2.75) is 12.8 Å². The maximum absolute atomic E-state index is 14.5. The molecule has 1 heterocycles. The number of hydrogen-bond acceptors (Lipinski definition) is 2. The fourth-order valence-electron chi connectivity index (χ4n) is 3.05. The van der Waals surface area contributed by atoms with E-state index in [1.807, 2.05) is 30.0 Å². The van der Waals surface area contributed by atoms with E-state index in [1.54, 1.807) is 18.2 Å². The first-order valence-electron chi connectivity index (χ1n) is 9.07. The Labute approximate surface area is 158 Å². The van der Waals surface area contributed by atoms with Gasteiger partial charge in [-0.1, -0.05) is 6.08 Å². The molecular formula is C22H24F2N2O. The second-order valence-electron chi connectivity index (χ2n) is 6.61. The number of fused-ring (bicyclic) bond motifs is 1. The van der Waals surface area contributed by atoms with E-state index in [4.69, 9.17) is 4.74 Å². The van der Waals surface area contributed by atoms with Crippen LogP contribution >= 0.6 is 0 Å². The zero-order valence-electron chi connectivity index (χ0n) is 15.5. The number of ether oxygens (including phenoxy) is 1. The van der Waals surface area contributed by atoms with Crippen LogP contribution in [0.15, 0.2) is 61.3 Å². The van der Waals surface area contributed by atoms with Gasteiger partial charge in [0.25, 0.3) is 0 Å². The molecule has 0 unspecified atom stereocenters. The molecular weight excluding hydrogens is 346 g/mol. The molecule has 0 aliphatic carbocycles. The van der Waals surface area contributed by atoms with Crippen molar-refractivity contribution in [1.29, 1.82) is 0 Å². The van der Waals surface area contributed by atoms with Gasteiger partial charge in [0.15, 0.2) is 11.6 Å². The number of rotatable bonds is 9. The number of unbranched alkanes of at least 4 members (excludes halogenated alkanes) is 1. The van der Waals surface area contributed by atoms with Crippen LogP contribution in [0, 0.1) is 11.6 Å². The summed E-state index contributed by atoms with van der Waals surface area (Å²) in [6.07, 6.45) is 5.56. The summed E-state index contributed by atoms with van der Waals surface area (Å²) < 4.78 is 35.1. The molecule has 0 N–H and O–H groups in total. The first-order chi connectivity index (χ1) is 13.1. The van der Waals surface area contributed by atoms with Crippen molar-refractivity contribution < 1.29 is 13.5 Å². The van der Waals surface area contributed by atoms with Crippen LogP contribution in [-0.4, -0.2) is 36.2 Å². The number of halogens is 2. The van der Waals surface area contributed by atoms with Crippen molar-refractivity contribution in [3.8, 4) is 11.4 Å². The van der Waals surface area contributed by atoms with Gasteiger partial charge in [-0.2, -0.15) is 0 Å². The van der Waals surface area contributed by atoms with Crippen LogP contribution in [-0.2, 0) is 0 Å². The van der Waals surface area contributed by atoms with Gasteiger partial charge in [-0.25, -0.2) is 8.78 Å². The average molecular weight is 370 g/mol. The summed E-state index contributed by atoms with van der Waals surface area (Å²) in [4.78, 5) is 2.18. The highest BCUT2D eigenvalue weighted by Crippen LogP contribution is 2.28. The standard InChI is InChI=1S/C22H24F2N2O/c1-3-11-25(2)12-4-5-14-27-22-15-17-10-13-26(21(17)16-20(22)24)19-8-6-18(23)7-9-19/h3,6-10,13,15-16H,1,4-5,11-12,14H2,2H3. The SMILES string of the molecule is C=CCN(C)CCCCOc1cc2ccn(-c3ccc(F)cc3)c2cc1F. The lowest BCUT2D eigenvalue weighted by molar-refractivity contribution is 0.277. The molecule has 1 aromatic heterocycles. The Morgan fingerprint density at radius 1 is 1.11 bits per heavy atom. The van der Waals surface area contributed by atoms with E-state index >= 15 is 0 Å². The van der Waals surface area contributed by atoms with E-state index in [9.17, 15) is 8.78 Å². The second kappa shape index (κ2) is 8.82. The Bertz CT molecular complexity index is 903. The third-order valence-electron chi connectivity index (χ3n) is 4.48. The number of hydrogen-bond donors (Lipinski definition) is 0. The maximum Gasteiger partial charge on any atom is 0.167 e. The molecule has 0 aliphatic heterocycles. The van der Waals surface area contributed by atoms with Crippen LogP contribution in [0.2, 0.25) is 0 Å². The van der Waals surface area contributed by atoms with Crippen molar-refractivity contribution >= 4 is 10.9 Å². The largest absolute Gasteiger partial charge is 0.490 e. The molecule has 3 nitrogen and oxygen atoms in total. The van der Waals surface area contributed by atoms with E-state index < -0.39 is 5.82 Å². The first-order valence-corrected chi connectivity index (χ1v) is 9.07. The summed E-state index contributed by atoms with van der Waals surface area (Å²) in [6, 6.07) is 11.2. The van der Waals surface area contributed by atoms with Gasteiger partial charge >= 0.3 is 0 Å². The summed E-state index contributed by atoms with van der Waals surface area (Å²) in [5.74, 6) is -0.431. The Hall–Kier alpha value is -2.66. The number of nitrogens with zero attached hydrogens (tertiary/aromatic N) is 2. The lowest BCUT2D eigenvalue weighted by atomic mass is 10.2. The third-order valence-corrected chi connectivity index (χ3v) is 4.48. The molecule has 0 saturated carbocycles. The smallest absolute Gasteiger partial charge is 0.167 e. The van der Waals surface area contributed by atoms with Crippen molar-refractivity contribution in [3.05, 3.63) is 73.0 Å². The highest BCUT2D eigenvalue weighted by Gasteiger charge is 2.10. The fourth-order valence-corrected chi connectivity index (χ4v) is 3.05. The molecule has 0 radical (unpaired) electrons. The van der Waals surface area contributed by atoms with Crippen LogP contribution < -0.4 is 4.74 Å². The van der Waals surface area contributed by atoms with E-state index in [0.29, 0.717) is 6.61 Å². The minimum Gasteiger partial charge on any atom is -0.490 e. The number of benzene rings is 2. The molecule has 5 heteroatoms. The Balaban J connectivity index is 1.65. The van der Waals surface area contributed by atoms with Crippen molar-refractivity contribution in [2.24, 2.45) is 0 Å². The molecule has 142 valence electrons. The Kier molecular flexibility index (Phi) is 6.24. The zero-order chi connectivity index (χ0) is 19.2. The molecule has 0 amide bonds. The van der Waals surface area contributed by atoms with E-state index in [1.165, 1.54) is 18.2 Å². The van der Waals surface area contributed by atoms with Crippen LogP contribution in [0.1, 0.15) is 12.8 Å². The summed E-state index contributed by atoms with van der Waals surface area (Å²) in [7, 11) is 2.04. The van der Waals surface area contributed by atoms with Crippen LogP contribution in [0.3, 0.4) is 0 Å². The molecule has 2 aromatic carbocycles. The molecule has 0 atom stereocenters. The highest BCUT2D eigenvalue weighted by molar-refractivity contribution is 5.83. The monoisotopic (exact) mass is 370 g/mol.